The van der Waals surface area contributed by atoms with Crippen LogP contribution in [-0.2, 0) is 6.54 Å². The van der Waals surface area contributed by atoms with Crippen molar-refractivity contribution < 1.29 is 4.79 Å². The van der Waals surface area contributed by atoms with E-state index in [2.05, 4.69) is 4.98 Å². The van der Waals surface area contributed by atoms with Crippen LogP contribution in [0.1, 0.15) is 21.1 Å². The van der Waals surface area contributed by atoms with E-state index in [4.69, 9.17) is 5.73 Å². The third-order valence-corrected chi connectivity index (χ3v) is 3.51. The first kappa shape index (κ1) is 12.7. The topological polar surface area (TPSA) is 59.2 Å². The minimum atomic E-state index is -0.114. The fourth-order valence-electron chi connectivity index (χ4n) is 1.63. The lowest BCUT2D eigenvalue weighted by Crippen LogP contribution is -2.26. The number of carbonyl (C=O) groups excluding carboxylic acids is 1. The predicted molar refractivity (Wildman–Crippen MR) is 73.9 cm³/mol. The van der Waals surface area contributed by atoms with E-state index < -0.39 is 0 Å². The first-order chi connectivity index (χ1) is 8.61. The molecule has 0 aliphatic heterocycles. The Labute approximate surface area is 110 Å². The number of anilines is 1. The van der Waals surface area contributed by atoms with Crippen LogP contribution in [0.15, 0.2) is 29.6 Å². The molecule has 2 aromatic rings. The Bertz CT molecular complexity index is 565. The molecule has 1 aromatic carbocycles. The maximum absolute atomic E-state index is 12.2. The smallest absolute Gasteiger partial charge is 0.277 e. The van der Waals surface area contributed by atoms with Crippen LogP contribution in [0.5, 0.6) is 0 Å². The summed E-state index contributed by atoms with van der Waals surface area (Å²) in [5, 5.41) is 2.52. The van der Waals surface area contributed by atoms with Crippen molar-refractivity contribution in [1.29, 1.82) is 0 Å². The summed E-state index contributed by atoms with van der Waals surface area (Å²) in [6.07, 6.45) is 0. The molecule has 0 atom stereocenters. The summed E-state index contributed by atoms with van der Waals surface area (Å²) in [5.74, 6) is -0.114. The van der Waals surface area contributed by atoms with Crippen molar-refractivity contribution in [3.05, 3.63) is 45.9 Å². The Hall–Kier alpha value is -1.72. The second-order valence-electron chi connectivity index (χ2n) is 4.03. The van der Waals surface area contributed by atoms with Gasteiger partial charge in [-0.05, 0) is 24.6 Å². The molecule has 2 N–H and O–H groups in total. The van der Waals surface area contributed by atoms with Gasteiger partial charge >= 0.3 is 0 Å². The standard InChI is InChI=1S/C13H15N3OS/c1-9-4-3-5-10(6-9)16(2)13(17)11-8-18-12(7-14)15-11/h3-6,8H,7,14H2,1-2H3. The van der Waals surface area contributed by atoms with Crippen LogP contribution in [0.2, 0.25) is 0 Å². The van der Waals surface area contributed by atoms with Crippen LogP contribution in [0, 0.1) is 6.92 Å². The summed E-state index contributed by atoms with van der Waals surface area (Å²) < 4.78 is 0. The zero-order chi connectivity index (χ0) is 13.1. The van der Waals surface area contributed by atoms with Gasteiger partial charge in [0.2, 0.25) is 0 Å². The molecule has 0 bridgehead atoms. The Morgan fingerprint density at radius 3 is 2.89 bits per heavy atom. The maximum atomic E-state index is 12.2. The number of carbonyl (C=O) groups is 1. The largest absolute Gasteiger partial charge is 0.325 e. The van der Waals surface area contributed by atoms with Crippen LogP contribution in [-0.4, -0.2) is 17.9 Å². The van der Waals surface area contributed by atoms with Crippen LogP contribution in [0.4, 0.5) is 5.69 Å². The van der Waals surface area contributed by atoms with E-state index in [-0.39, 0.29) is 5.91 Å². The second-order valence-corrected chi connectivity index (χ2v) is 4.98. The summed E-state index contributed by atoms with van der Waals surface area (Å²) in [6, 6.07) is 7.80. The number of amides is 1. The molecule has 0 saturated heterocycles. The molecule has 1 amide bonds. The Kier molecular flexibility index (Phi) is 3.74. The maximum Gasteiger partial charge on any atom is 0.277 e. The van der Waals surface area contributed by atoms with Crippen molar-refractivity contribution >= 4 is 22.9 Å². The lowest BCUT2D eigenvalue weighted by atomic mass is 10.2. The molecule has 0 fully saturated rings. The lowest BCUT2D eigenvalue weighted by molar-refractivity contribution is 0.0989. The third-order valence-electron chi connectivity index (χ3n) is 2.64. The van der Waals surface area contributed by atoms with Crippen molar-refractivity contribution in [2.24, 2.45) is 5.73 Å². The van der Waals surface area contributed by atoms with Gasteiger partial charge in [-0.1, -0.05) is 12.1 Å². The molecular weight excluding hydrogens is 246 g/mol. The molecule has 0 radical (unpaired) electrons. The van der Waals surface area contributed by atoms with Gasteiger partial charge in [-0.3, -0.25) is 4.79 Å². The van der Waals surface area contributed by atoms with E-state index in [1.807, 2.05) is 31.2 Å². The lowest BCUT2D eigenvalue weighted by Gasteiger charge is -2.16. The highest BCUT2D eigenvalue weighted by Crippen LogP contribution is 2.18. The first-order valence-electron chi connectivity index (χ1n) is 5.61. The van der Waals surface area contributed by atoms with Crippen molar-refractivity contribution in [3.8, 4) is 0 Å². The molecule has 1 aromatic heterocycles. The van der Waals surface area contributed by atoms with Gasteiger partial charge < -0.3 is 10.6 Å². The number of nitrogens with zero attached hydrogens (tertiary/aromatic N) is 2. The minimum absolute atomic E-state index is 0.114. The van der Waals surface area contributed by atoms with Gasteiger partial charge in [0.15, 0.2) is 0 Å². The van der Waals surface area contributed by atoms with E-state index in [9.17, 15) is 4.79 Å². The van der Waals surface area contributed by atoms with Gasteiger partial charge in [0, 0.05) is 24.7 Å². The van der Waals surface area contributed by atoms with Crippen LogP contribution in [0.25, 0.3) is 0 Å². The fourth-order valence-corrected chi connectivity index (χ4v) is 2.28. The van der Waals surface area contributed by atoms with Crippen molar-refractivity contribution in [3.63, 3.8) is 0 Å². The van der Waals surface area contributed by atoms with E-state index in [0.717, 1.165) is 16.3 Å². The molecule has 0 saturated carbocycles. The van der Waals surface area contributed by atoms with Gasteiger partial charge in [0.1, 0.15) is 10.7 Å². The van der Waals surface area contributed by atoms with Gasteiger partial charge in [0.25, 0.3) is 5.91 Å². The minimum Gasteiger partial charge on any atom is -0.325 e. The molecule has 4 nitrogen and oxygen atoms in total. The number of hydrogen-bond acceptors (Lipinski definition) is 4. The highest BCUT2D eigenvalue weighted by Gasteiger charge is 2.16. The molecule has 94 valence electrons. The average molecular weight is 261 g/mol. The highest BCUT2D eigenvalue weighted by molar-refractivity contribution is 7.09. The third kappa shape index (κ3) is 2.57. The molecule has 0 aliphatic carbocycles. The molecule has 0 aliphatic rings. The summed E-state index contributed by atoms with van der Waals surface area (Å²) in [5.41, 5.74) is 7.92. The van der Waals surface area contributed by atoms with Gasteiger partial charge in [0.05, 0.1) is 0 Å². The van der Waals surface area contributed by atoms with Gasteiger partial charge in [-0.2, -0.15) is 0 Å². The summed E-state index contributed by atoms with van der Waals surface area (Å²) >= 11 is 1.41. The number of rotatable bonds is 3. The second kappa shape index (κ2) is 5.29. The monoisotopic (exact) mass is 261 g/mol. The SMILES string of the molecule is Cc1cccc(N(C)C(=O)c2csc(CN)n2)c1. The molecule has 0 unspecified atom stereocenters. The first-order valence-corrected chi connectivity index (χ1v) is 6.49. The summed E-state index contributed by atoms with van der Waals surface area (Å²) in [7, 11) is 1.75. The molecule has 1 heterocycles. The Morgan fingerprint density at radius 1 is 1.50 bits per heavy atom. The van der Waals surface area contributed by atoms with E-state index >= 15 is 0 Å². The number of nitrogens with two attached hydrogens (primary N) is 1. The highest BCUT2D eigenvalue weighted by atomic mass is 32.1. The van der Waals surface area contributed by atoms with Gasteiger partial charge in [-0.25, -0.2) is 4.98 Å². The number of aryl methyl sites for hydroxylation is 1. The number of hydrogen-bond donors (Lipinski definition) is 1. The Balaban J connectivity index is 2.23. The van der Waals surface area contributed by atoms with Gasteiger partial charge in [-0.15, -0.1) is 11.3 Å². The fraction of sp³-hybridized carbons (Fsp3) is 0.231. The zero-order valence-electron chi connectivity index (χ0n) is 10.4. The van der Waals surface area contributed by atoms with Crippen LogP contribution < -0.4 is 10.6 Å². The number of thiazole rings is 1. The summed E-state index contributed by atoms with van der Waals surface area (Å²) in [4.78, 5) is 18.0. The normalized spacial score (nSPS) is 10.4. The van der Waals surface area contributed by atoms with E-state index in [1.54, 1.807) is 17.3 Å². The molecule has 2 rings (SSSR count). The molecular formula is C13H15N3OS. The van der Waals surface area contributed by atoms with Crippen LogP contribution in [0.3, 0.4) is 0 Å². The number of aromatic nitrogens is 1. The quantitative estimate of drug-likeness (QED) is 0.921. The Morgan fingerprint density at radius 2 is 2.28 bits per heavy atom. The molecule has 18 heavy (non-hydrogen) atoms. The van der Waals surface area contributed by atoms with E-state index in [0.29, 0.717) is 12.2 Å². The molecule has 5 heteroatoms. The average Bonchev–Trinajstić information content (AvgIpc) is 2.85. The summed E-state index contributed by atoms with van der Waals surface area (Å²) in [6.45, 7) is 2.36. The number of benzene rings is 1. The van der Waals surface area contributed by atoms with Crippen molar-refractivity contribution in [2.45, 2.75) is 13.5 Å². The van der Waals surface area contributed by atoms with E-state index in [1.165, 1.54) is 11.3 Å². The molecule has 0 spiro atoms. The zero-order valence-corrected chi connectivity index (χ0v) is 11.2. The van der Waals surface area contributed by atoms with Crippen molar-refractivity contribution in [2.75, 3.05) is 11.9 Å². The van der Waals surface area contributed by atoms with Crippen LogP contribution >= 0.6 is 11.3 Å². The predicted octanol–water partition coefficient (Wildman–Crippen LogP) is 2.19. The van der Waals surface area contributed by atoms with Crippen molar-refractivity contribution in [1.82, 2.24) is 4.98 Å².